The molecule has 1 N–H and O–H groups in total. The number of nitrogens with one attached hydrogen (secondary N) is 1. The SMILES string of the molecule is CN(CCNCc1cccnc1)C1CCCCCC1. The summed E-state index contributed by atoms with van der Waals surface area (Å²) >= 11 is 0. The molecule has 1 heterocycles. The standard InChI is InChI=1S/C16H27N3/c1-19(16-8-4-2-3-5-9-16)12-11-18-14-15-7-6-10-17-13-15/h6-7,10,13,16,18H,2-5,8-9,11-12,14H2,1H3. The molecule has 0 amide bonds. The lowest BCUT2D eigenvalue weighted by Gasteiger charge is -2.27. The van der Waals surface area contributed by atoms with Crippen molar-refractivity contribution in [1.82, 2.24) is 15.2 Å². The number of likely N-dealkylation sites (N-methyl/N-ethyl adjacent to an activating group) is 1. The van der Waals surface area contributed by atoms with Gasteiger partial charge in [-0.15, -0.1) is 0 Å². The van der Waals surface area contributed by atoms with Crippen LogP contribution in [0, 0.1) is 0 Å². The van der Waals surface area contributed by atoms with Crippen LogP contribution in [0.1, 0.15) is 44.1 Å². The van der Waals surface area contributed by atoms with Gasteiger partial charge in [-0.25, -0.2) is 0 Å². The number of hydrogen-bond donors (Lipinski definition) is 1. The Morgan fingerprint density at radius 2 is 2.05 bits per heavy atom. The van der Waals surface area contributed by atoms with Crippen LogP contribution in [0.2, 0.25) is 0 Å². The van der Waals surface area contributed by atoms with Crippen LogP contribution in [0.3, 0.4) is 0 Å². The number of pyridine rings is 1. The average Bonchev–Trinajstić information content (AvgIpc) is 2.73. The molecule has 0 atom stereocenters. The molecule has 0 spiro atoms. The van der Waals surface area contributed by atoms with E-state index < -0.39 is 0 Å². The van der Waals surface area contributed by atoms with E-state index in [-0.39, 0.29) is 0 Å². The van der Waals surface area contributed by atoms with Crippen molar-refractivity contribution in [3.05, 3.63) is 30.1 Å². The first-order valence-electron chi connectivity index (χ1n) is 7.66. The van der Waals surface area contributed by atoms with Crippen LogP contribution in [0.25, 0.3) is 0 Å². The third-order valence-corrected chi connectivity index (χ3v) is 4.14. The van der Waals surface area contributed by atoms with Crippen LogP contribution in [0.15, 0.2) is 24.5 Å². The molecule has 0 saturated heterocycles. The van der Waals surface area contributed by atoms with E-state index in [1.807, 2.05) is 18.5 Å². The van der Waals surface area contributed by atoms with Crippen molar-refractivity contribution in [2.75, 3.05) is 20.1 Å². The highest BCUT2D eigenvalue weighted by atomic mass is 15.1. The van der Waals surface area contributed by atoms with Gasteiger partial charge in [0.05, 0.1) is 0 Å². The van der Waals surface area contributed by atoms with Gasteiger partial charge in [0.1, 0.15) is 0 Å². The first kappa shape index (κ1) is 14.5. The molecule has 3 nitrogen and oxygen atoms in total. The zero-order valence-corrected chi connectivity index (χ0v) is 12.1. The van der Waals surface area contributed by atoms with Crippen LogP contribution in [0.4, 0.5) is 0 Å². The molecular formula is C16H27N3. The van der Waals surface area contributed by atoms with Crippen molar-refractivity contribution < 1.29 is 0 Å². The van der Waals surface area contributed by atoms with Crippen LogP contribution in [-0.4, -0.2) is 36.1 Å². The Morgan fingerprint density at radius 3 is 2.74 bits per heavy atom. The summed E-state index contributed by atoms with van der Waals surface area (Å²) in [6.45, 7) is 3.12. The quantitative estimate of drug-likeness (QED) is 0.630. The topological polar surface area (TPSA) is 28.2 Å². The molecule has 0 aliphatic heterocycles. The lowest BCUT2D eigenvalue weighted by Crippen LogP contribution is -2.36. The van der Waals surface area contributed by atoms with Crippen molar-refractivity contribution in [2.24, 2.45) is 0 Å². The Hall–Kier alpha value is -0.930. The van der Waals surface area contributed by atoms with Crippen molar-refractivity contribution >= 4 is 0 Å². The van der Waals surface area contributed by atoms with E-state index in [0.717, 1.165) is 25.7 Å². The Kier molecular flexibility index (Phi) is 6.31. The number of nitrogens with zero attached hydrogens (tertiary/aromatic N) is 2. The molecule has 19 heavy (non-hydrogen) atoms. The van der Waals surface area contributed by atoms with E-state index in [0.29, 0.717) is 0 Å². The molecule has 1 saturated carbocycles. The van der Waals surface area contributed by atoms with E-state index >= 15 is 0 Å². The molecule has 0 bridgehead atoms. The minimum Gasteiger partial charge on any atom is -0.311 e. The lowest BCUT2D eigenvalue weighted by molar-refractivity contribution is 0.221. The lowest BCUT2D eigenvalue weighted by atomic mass is 10.1. The van der Waals surface area contributed by atoms with Crippen molar-refractivity contribution in [2.45, 2.75) is 51.1 Å². The second kappa shape index (κ2) is 8.28. The molecule has 1 aliphatic carbocycles. The van der Waals surface area contributed by atoms with Gasteiger partial charge in [0.15, 0.2) is 0 Å². The van der Waals surface area contributed by atoms with E-state index in [1.54, 1.807) is 0 Å². The smallest absolute Gasteiger partial charge is 0.0312 e. The highest BCUT2D eigenvalue weighted by Crippen LogP contribution is 2.20. The largest absolute Gasteiger partial charge is 0.311 e. The Balaban J connectivity index is 1.62. The molecule has 106 valence electrons. The Labute approximate surface area is 117 Å². The van der Waals surface area contributed by atoms with Gasteiger partial charge in [0.2, 0.25) is 0 Å². The Morgan fingerprint density at radius 1 is 1.26 bits per heavy atom. The van der Waals surface area contributed by atoms with Gasteiger partial charge >= 0.3 is 0 Å². The monoisotopic (exact) mass is 261 g/mol. The molecule has 0 radical (unpaired) electrons. The number of hydrogen-bond acceptors (Lipinski definition) is 3. The van der Waals surface area contributed by atoms with Crippen molar-refractivity contribution in [3.63, 3.8) is 0 Å². The van der Waals surface area contributed by atoms with Gasteiger partial charge in [-0.3, -0.25) is 4.98 Å². The molecule has 3 heteroatoms. The van der Waals surface area contributed by atoms with Gasteiger partial charge in [0, 0.05) is 38.1 Å². The molecule has 1 fully saturated rings. The fourth-order valence-electron chi connectivity index (χ4n) is 2.87. The van der Waals surface area contributed by atoms with E-state index in [4.69, 9.17) is 0 Å². The van der Waals surface area contributed by atoms with Crippen LogP contribution in [-0.2, 0) is 6.54 Å². The number of rotatable bonds is 6. The third kappa shape index (κ3) is 5.29. The summed E-state index contributed by atoms with van der Waals surface area (Å²) in [5, 5.41) is 3.51. The summed E-state index contributed by atoms with van der Waals surface area (Å²) in [6, 6.07) is 4.92. The van der Waals surface area contributed by atoms with E-state index in [9.17, 15) is 0 Å². The van der Waals surface area contributed by atoms with Gasteiger partial charge in [0.25, 0.3) is 0 Å². The van der Waals surface area contributed by atoms with E-state index in [2.05, 4.69) is 28.3 Å². The maximum atomic E-state index is 4.13. The molecule has 1 aromatic heterocycles. The fourth-order valence-corrected chi connectivity index (χ4v) is 2.87. The summed E-state index contributed by atoms with van der Waals surface area (Å²) in [7, 11) is 2.28. The summed E-state index contributed by atoms with van der Waals surface area (Å²) in [5.41, 5.74) is 1.26. The maximum Gasteiger partial charge on any atom is 0.0312 e. The molecule has 1 aliphatic rings. The van der Waals surface area contributed by atoms with Gasteiger partial charge < -0.3 is 10.2 Å². The molecular weight excluding hydrogens is 234 g/mol. The summed E-state index contributed by atoms with van der Waals surface area (Å²) < 4.78 is 0. The average molecular weight is 261 g/mol. The van der Waals surface area contributed by atoms with Crippen LogP contribution < -0.4 is 5.32 Å². The molecule has 2 rings (SSSR count). The first-order valence-corrected chi connectivity index (χ1v) is 7.66. The summed E-state index contributed by atoms with van der Waals surface area (Å²) in [4.78, 5) is 6.68. The van der Waals surface area contributed by atoms with Gasteiger partial charge in [-0.1, -0.05) is 31.7 Å². The predicted octanol–water partition coefficient (Wildman–Crippen LogP) is 2.83. The van der Waals surface area contributed by atoms with Gasteiger partial charge in [-0.05, 0) is 31.5 Å². The summed E-state index contributed by atoms with van der Waals surface area (Å²) in [6.07, 6.45) is 12.2. The summed E-state index contributed by atoms with van der Waals surface area (Å²) in [5.74, 6) is 0. The highest BCUT2D eigenvalue weighted by molar-refractivity contribution is 5.07. The fraction of sp³-hybridized carbons (Fsp3) is 0.688. The first-order chi connectivity index (χ1) is 9.36. The minimum atomic E-state index is 0.808. The molecule has 1 aromatic rings. The third-order valence-electron chi connectivity index (χ3n) is 4.14. The normalized spacial score (nSPS) is 17.6. The van der Waals surface area contributed by atoms with Gasteiger partial charge in [-0.2, -0.15) is 0 Å². The molecule has 0 aromatic carbocycles. The molecule has 0 unspecified atom stereocenters. The van der Waals surface area contributed by atoms with E-state index in [1.165, 1.54) is 44.1 Å². The van der Waals surface area contributed by atoms with Crippen LogP contribution in [0.5, 0.6) is 0 Å². The van der Waals surface area contributed by atoms with Crippen LogP contribution >= 0.6 is 0 Å². The second-order valence-electron chi connectivity index (χ2n) is 5.66. The predicted molar refractivity (Wildman–Crippen MR) is 80.1 cm³/mol. The zero-order chi connectivity index (χ0) is 13.3. The second-order valence-corrected chi connectivity index (χ2v) is 5.66. The zero-order valence-electron chi connectivity index (χ0n) is 12.1. The van der Waals surface area contributed by atoms with Crippen molar-refractivity contribution in [1.29, 1.82) is 0 Å². The Bertz CT molecular complexity index is 331. The minimum absolute atomic E-state index is 0.808. The maximum absolute atomic E-state index is 4.13. The number of aromatic nitrogens is 1. The highest BCUT2D eigenvalue weighted by Gasteiger charge is 2.15. The van der Waals surface area contributed by atoms with Crippen molar-refractivity contribution in [3.8, 4) is 0 Å².